The smallest absolute Gasteiger partial charge is 0.254 e. The summed E-state index contributed by atoms with van der Waals surface area (Å²) in [6, 6.07) is 8.31. The molecule has 4 rings (SSSR count). The summed E-state index contributed by atoms with van der Waals surface area (Å²) < 4.78 is 35.2. The van der Waals surface area contributed by atoms with E-state index in [1.165, 1.54) is 24.3 Å². The molecule has 1 fully saturated rings. The van der Waals surface area contributed by atoms with E-state index in [1.807, 2.05) is 6.92 Å². The van der Waals surface area contributed by atoms with Crippen LogP contribution in [0.1, 0.15) is 79.0 Å². The highest BCUT2D eigenvalue weighted by Gasteiger charge is 2.25. The minimum atomic E-state index is -0.696. The van der Waals surface area contributed by atoms with Gasteiger partial charge in [0.05, 0.1) is 29.6 Å². The summed E-state index contributed by atoms with van der Waals surface area (Å²) in [6.07, 6.45) is 7.06. The fraction of sp³-hybridized carbons (Fsp3) is 0.393. The molecule has 6 nitrogen and oxygen atoms in total. The third-order valence-corrected chi connectivity index (χ3v) is 7.36. The van der Waals surface area contributed by atoms with Gasteiger partial charge in [0, 0.05) is 23.1 Å². The Hall–Kier alpha value is -2.91. The topological polar surface area (TPSA) is 90.1 Å². The van der Waals surface area contributed by atoms with E-state index in [4.69, 9.17) is 15.5 Å². The lowest BCUT2D eigenvalue weighted by Crippen LogP contribution is -2.29. The fourth-order valence-electron chi connectivity index (χ4n) is 4.89. The van der Waals surface area contributed by atoms with Crippen LogP contribution in [0.15, 0.2) is 47.1 Å². The van der Waals surface area contributed by atoms with Crippen LogP contribution in [0, 0.1) is 11.6 Å². The standard InChI is InChI=1S/C28H31BrF2N4O2/c1-3-4-24(18-11-19(29)14-20(30)12-18)35-28(36)22-10-7-17(13-23(22)31)26-27(32)33-15-25(34-26)16-5-8-21(37-2)9-6-16/h7,10-16,21,24H,3-6,8-9H2,1-2H3,(H2,32,33)(H,35,36)/t16?,21?,24-/m1/s1. The molecule has 1 amide bonds. The number of ether oxygens (including phenoxy) is 1. The molecule has 0 radical (unpaired) electrons. The van der Waals surface area contributed by atoms with Crippen molar-refractivity contribution < 1.29 is 18.3 Å². The van der Waals surface area contributed by atoms with Crippen LogP contribution in [0.5, 0.6) is 0 Å². The van der Waals surface area contributed by atoms with E-state index in [1.54, 1.807) is 25.4 Å². The van der Waals surface area contributed by atoms with Gasteiger partial charge in [-0.15, -0.1) is 0 Å². The fourth-order valence-corrected chi connectivity index (χ4v) is 5.37. The lowest BCUT2D eigenvalue weighted by atomic mass is 9.85. The summed E-state index contributed by atoms with van der Waals surface area (Å²) in [5.41, 5.74) is 8.27. The molecular weight excluding hydrogens is 542 g/mol. The first-order chi connectivity index (χ1) is 17.8. The van der Waals surface area contributed by atoms with Crippen LogP contribution in [0.2, 0.25) is 0 Å². The average molecular weight is 573 g/mol. The molecule has 3 aromatic rings. The van der Waals surface area contributed by atoms with E-state index >= 15 is 4.39 Å². The normalized spacial score (nSPS) is 18.4. The first-order valence-electron chi connectivity index (χ1n) is 12.5. The Morgan fingerprint density at radius 3 is 2.59 bits per heavy atom. The number of nitrogens with two attached hydrogens (primary N) is 1. The zero-order valence-electron chi connectivity index (χ0n) is 20.9. The minimum Gasteiger partial charge on any atom is -0.382 e. The van der Waals surface area contributed by atoms with Crippen molar-refractivity contribution in [2.75, 3.05) is 12.8 Å². The number of benzene rings is 2. The van der Waals surface area contributed by atoms with Gasteiger partial charge < -0.3 is 15.8 Å². The summed E-state index contributed by atoms with van der Waals surface area (Å²) >= 11 is 3.29. The molecule has 0 spiro atoms. The van der Waals surface area contributed by atoms with Crippen molar-refractivity contribution in [3.05, 3.63) is 75.5 Å². The van der Waals surface area contributed by atoms with Gasteiger partial charge in [-0.2, -0.15) is 0 Å². The second-order valence-corrected chi connectivity index (χ2v) is 10.4. The van der Waals surface area contributed by atoms with Gasteiger partial charge in [0.1, 0.15) is 23.1 Å². The second kappa shape index (κ2) is 12.1. The summed E-state index contributed by atoms with van der Waals surface area (Å²) in [5, 5.41) is 2.85. The Balaban J connectivity index is 1.54. The summed E-state index contributed by atoms with van der Waals surface area (Å²) in [7, 11) is 1.73. The van der Waals surface area contributed by atoms with Crippen LogP contribution in [-0.4, -0.2) is 29.1 Å². The Labute approximate surface area is 224 Å². The number of methoxy groups -OCH3 is 1. The molecule has 0 bridgehead atoms. The molecule has 0 unspecified atom stereocenters. The van der Waals surface area contributed by atoms with E-state index in [0.29, 0.717) is 27.7 Å². The number of anilines is 1. The maximum absolute atomic E-state index is 15.2. The van der Waals surface area contributed by atoms with Crippen molar-refractivity contribution in [3.8, 4) is 11.3 Å². The monoisotopic (exact) mass is 572 g/mol. The van der Waals surface area contributed by atoms with Gasteiger partial charge in [0.15, 0.2) is 0 Å². The molecule has 1 saturated carbocycles. The maximum atomic E-state index is 15.2. The number of nitrogens with zero attached hydrogens (tertiary/aromatic N) is 2. The predicted molar refractivity (Wildman–Crippen MR) is 143 cm³/mol. The van der Waals surface area contributed by atoms with Crippen molar-refractivity contribution >= 4 is 27.7 Å². The predicted octanol–water partition coefficient (Wildman–Crippen LogP) is 6.71. The Morgan fingerprint density at radius 1 is 1.19 bits per heavy atom. The highest BCUT2D eigenvalue weighted by molar-refractivity contribution is 9.10. The molecule has 1 aliphatic rings. The number of hydrogen-bond acceptors (Lipinski definition) is 5. The lowest BCUT2D eigenvalue weighted by Gasteiger charge is -2.27. The molecule has 1 heterocycles. The van der Waals surface area contributed by atoms with E-state index in [9.17, 15) is 9.18 Å². The first-order valence-corrected chi connectivity index (χ1v) is 13.3. The lowest BCUT2D eigenvalue weighted by molar-refractivity contribution is 0.0655. The van der Waals surface area contributed by atoms with Crippen LogP contribution < -0.4 is 11.1 Å². The number of nitrogens with one attached hydrogen (secondary N) is 1. The van der Waals surface area contributed by atoms with Crippen LogP contribution >= 0.6 is 15.9 Å². The van der Waals surface area contributed by atoms with Crippen LogP contribution in [0.3, 0.4) is 0 Å². The van der Waals surface area contributed by atoms with Crippen LogP contribution in [0.4, 0.5) is 14.6 Å². The number of carbonyl (C=O) groups excluding carboxylic acids is 1. The van der Waals surface area contributed by atoms with Crippen LogP contribution in [0.25, 0.3) is 11.3 Å². The van der Waals surface area contributed by atoms with Crippen LogP contribution in [-0.2, 0) is 4.74 Å². The largest absolute Gasteiger partial charge is 0.382 e. The van der Waals surface area contributed by atoms with Crippen molar-refractivity contribution in [1.82, 2.24) is 15.3 Å². The van der Waals surface area contributed by atoms with Gasteiger partial charge in [-0.05, 0) is 68.0 Å². The summed E-state index contributed by atoms with van der Waals surface area (Å²) in [4.78, 5) is 22.0. The molecule has 1 aromatic heterocycles. The zero-order valence-corrected chi connectivity index (χ0v) is 22.5. The zero-order chi connectivity index (χ0) is 26.5. The van der Waals surface area contributed by atoms with Gasteiger partial charge >= 0.3 is 0 Å². The number of halogens is 3. The number of carbonyl (C=O) groups is 1. The number of nitrogen functional groups attached to an aromatic ring is 1. The Kier molecular flexibility index (Phi) is 8.87. The highest BCUT2D eigenvalue weighted by Crippen LogP contribution is 2.35. The maximum Gasteiger partial charge on any atom is 0.254 e. The Morgan fingerprint density at radius 2 is 1.95 bits per heavy atom. The van der Waals surface area contributed by atoms with Crippen molar-refractivity contribution in [3.63, 3.8) is 0 Å². The summed E-state index contributed by atoms with van der Waals surface area (Å²) in [6.45, 7) is 1.96. The van der Waals surface area contributed by atoms with Crippen molar-refractivity contribution in [1.29, 1.82) is 0 Å². The first kappa shape index (κ1) is 27.1. The molecule has 3 N–H and O–H groups in total. The van der Waals surface area contributed by atoms with Gasteiger partial charge in [0.2, 0.25) is 0 Å². The molecular formula is C28H31BrF2N4O2. The Bertz CT molecular complexity index is 1240. The third kappa shape index (κ3) is 6.51. The molecule has 1 aliphatic carbocycles. The summed E-state index contributed by atoms with van der Waals surface area (Å²) in [5.74, 6) is -1.25. The minimum absolute atomic E-state index is 0.110. The highest BCUT2D eigenvalue weighted by atomic mass is 79.9. The number of rotatable bonds is 8. The number of amides is 1. The van der Waals surface area contributed by atoms with E-state index in [-0.39, 0.29) is 23.4 Å². The average Bonchev–Trinajstić information content (AvgIpc) is 2.88. The second-order valence-electron chi connectivity index (χ2n) is 9.45. The van der Waals surface area contributed by atoms with E-state index in [2.05, 4.69) is 26.2 Å². The van der Waals surface area contributed by atoms with Crippen molar-refractivity contribution in [2.45, 2.75) is 63.5 Å². The van der Waals surface area contributed by atoms with Crippen molar-refractivity contribution in [2.24, 2.45) is 0 Å². The molecule has 2 aromatic carbocycles. The molecule has 0 saturated heterocycles. The molecule has 37 heavy (non-hydrogen) atoms. The quantitative estimate of drug-likeness (QED) is 0.313. The van der Waals surface area contributed by atoms with Gasteiger partial charge in [0.25, 0.3) is 5.91 Å². The van der Waals surface area contributed by atoms with Gasteiger partial charge in [-0.25, -0.2) is 18.7 Å². The number of hydrogen-bond donors (Lipinski definition) is 2. The number of aromatic nitrogens is 2. The van der Waals surface area contributed by atoms with E-state index < -0.39 is 23.6 Å². The van der Waals surface area contributed by atoms with E-state index in [0.717, 1.165) is 37.8 Å². The molecule has 9 heteroatoms. The molecule has 1 atom stereocenters. The van der Waals surface area contributed by atoms with Gasteiger partial charge in [-0.3, -0.25) is 4.79 Å². The molecule has 0 aliphatic heterocycles. The third-order valence-electron chi connectivity index (χ3n) is 6.90. The van der Waals surface area contributed by atoms with Gasteiger partial charge in [-0.1, -0.05) is 35.3 Å². The molecule has 196 valence electrons. The SMILES string of the molecule is CCC[C@@H](NC(=O)c1ccc(-c2nc(C3CCC(OC)CC3)cnc2N)cc1F)c1cc(F)cc(Br)c1.